The molecule has 62 valence electrons. The zero-order chi connectivity index (χ0) is 8.39. The Bertz CT molecular complexity index is 302. The summed E-state index contributed by atoms with van der Waals surface area (Å²) in [7, 11) is 0. The summed E-state index contributed by atoms with van der Waals surface area (Å²) in [4.78, 5) is 0. The summed E-state index contributed by atoms with van der Waals surface area (Å²) in [5, 5.41) is 7.26. The van der Waals surface area contributed by atoms with Crippen molar-refractivity contribution in [1.29, 1.82) is 5.41 Å². The third kappa shape index (κ3) is 1.15. The number of rotatable bonds is 1. The third-order valence-electron chi connectivity index (χ3n) is 2.59. The van der Waals surface area contributed by atoms with Crippen LogP contribution in [0.4, 0.5) is 0 Å². The number of hydrogen-bond donors (Lipinski definition) is 1. The highest BCUT2D eigenvalue weighted by Crippen LogP contribution is 2.23. The van der Waals surface area contributed by atoms with E-state index in [2.05, 4.69) is 12.1 Å². The largest absolute Gasteiger partial charge is 0.308 e. The van der Waals surface area contributed by atoms with Gasteiger partial charge in [-0.25, -0.2) is 0 Å². The predicted molar refractivity (Wildman–Crippen MR) is 51.0 cm³/mol. The van der Waals surface area contributed by atoms with E-state index in [0.29, 0.717) is 0 Å². The first-order valence-electron chi connectivity index (χ1n) is 4.53. The molecule has 0 saturated heterocycles. The quantitative estimate of drug-likeness (QED) is 0.609. The molecule has 1 aromatic rings. The third-order valence-corrected chi connectivity index (χ3v) is 2.59. The average Bonchev–Trinajstić information content (AvgIpc) is 2.17. The van der Waals surface area contributed by atoms with E-state index in [-0.39, 0.29) is 0 Å². The number of hydrogen-bond acceptors (Lipinski definition) is 1. The molecule has 0 fully saturated rings. The molecular weight excluding hydrogens is 146 g/mol. The van der Waals surface area contributed by atoms with Crippen molar-refractivity contribution in [3.05, 3.63) is 34.9 Å². The second-order valence-corrected chi connectivity index (χ2v) is 3.34. The minimum atomic E-state index is 1.12. The van der Waals surface area contributed by atoms with E-state index in [1.807, 2.05) is 6.07 Å². The van der Waals surface area contributed by atoms with Crippen LogP contribution in [-0.2, 0) is 12.8 Å². The molecule has 0 heterocycles. The van der Waals surface area contributed by atoms with Gasteiger partial charge in [0.1, 0.15) is 0 Å². The van der Waals surface area contributed by atoms with Crippen LogP contribution in [0.5, 0.6) is 0 Å². The summed E-state index contributed by atoms with van der Waals surface area (Å²) >= 11 is 0. The lowest BCUT2D eigenvalue weighted by atomic mass is 9.89. The highest BCUT2D eigenvalue weighted by atomic mass is 14.3. The summed E-state index contributed by atoms with van der Waals surface area (Å²) in [5.74, 6) is 0. The van der Waals surface area contributed by atoms with E-state index < -0.39 is 0 Å². The standard InChI is InChI=1S/C11H13N/c12-8-10-6-3-5-9-4-1-2-7-11(9)10/h3,5-6,8,12H,1-2,4,7H2. The van der Waals surface area contributed by atoms with Crippen molar-refractivity contribution in [2.45, 2.75) is 25.7 Å². The maximum atomic E-state index is 7.26. The first-order chi connectivity index (χ1) is 5.92. The lowest BCUT2D eigenvalue weighted by molar-refractivity contribution is 0.685. The second-order valence-electron chi connectivity index (χ2n) is 3.34. The number of aryl methyl sites for hydroxylation is 1. The Morgan fingerprint density at radius 3 is 2.83 bits per heavy atom. The Morgan fingerprint density at radius 1 is 1.17 bits per heavy atom. The molecule has 1 aliphatic rings. The van der Waals surface area contributed by atoms with Crippen LogP contribution in [-0.4, -0.2) is 6.21 Å². The molecule has 0 aliphatic heterocycles. The Balaban J connectivity index is 2.51. The van der Waals surface area contributed by atoms with Crippen molar-refractivity contribution < 1.29 is 0 Å². The number of fused-ring (bicyclic) bond motifs is 1. The summed E-state index contributed by atoms with van der Waals surface area (Å²) in [6.07, 6.45) is 6.45. The van der Waals surface area contributed by atoms with E-state index in [0.717, 1.165) is 5.56 Å². The van der Waals surface area contributed by atoms with E-state index in [1.165, 1.54) is 43.0 Å². The van der Waals surface area contributed by atoms with Crippen molar-refractivity contribution in [1.82, 2.24) is 0 Å². The van der Waals surface area contributed by atoms with Gasteiger partial charge in [-0.15, -0.1) is 0 Å². The van der Waals surface area contributed by atoms with Crippen molar-refractivity contribution in [2.75, 3.05) is 0 Å². The van der Waals surface area contributed by atoms with Crippen LogP contribution in [0.2, 0.25) is 0 Å². The van der Waals surface area contributed by atoms with Crippen LogP contribution in [0.25, 0.3) is 0 Å². The lowest BCUT2D eigenvalue weighted by Crippen LogP contribution is -2.05. The van der Waals surface area contributed by atoms with Gasteiger partial charge >= 0.3 is 0 Å². The first kappa shape index (κ1) is 7.53. The maximum absolute atomic E-state index is 7.26. The molecular formula is C11H13N. The van der Waals surface area contributed by atoms with Crippen molar-refractivity contribution >= 4 is 6.21 Å². The fraction of sp³-hybridized carbons (Fsp3) is 0.364. The Hall–Kier alpha value is -1.11. The predicted octanol–water partition coefficient (Wildman–Crippen LogP) is 2.56. The molecule has 1 N–H and O–H groups in total. The van der Waals surface area contributed by atoms with Crippen molar-refractivity contribution in [2.24, 2.45) is 0 Å². The number of nitrogens with one attached hydrogen (secondary N) is 1. The molecule has 0 unspecified atom stereocenters. The molecule has 1 aliphatic carbocycles. The molecule has 0 radical (unpaired) electrons. The van der Waals surface area contributed by atoms with Gasteiger partial charge in [-0.1, -0.05) is 18.2 Å². The Kier molecular flexibility index (Phi) is 1.94. The minimum absolute atomic E-state index is 1.12. The van der Waals surface area contributed by atoms with Crippen molar-refractivity contribution in [3.63, 3.8) is 0 Å². The molecule has 1 nitrogen and oxygen atoms in total. The molecule has 0 saturated carbocycles. The van der Waals surface area contributed by atoms with Crippen molar-refractivity contribution in [3.8, 4) is 0 Å². The van der Waals surface area contributed by atoms with Gasteiger partial charge in [-0.05, 0) is 42.4 Å². The molecule has 0 spiro atoms. The SMILES string of the molecule is N=Cc1cccc2c1CCCC2. The number of benzene rings is 1. The minimum Gasteiger partial charge on any atom is -0.308 e. The van der Waals surface area contributed by atoms with Gasteiger partial charge in [0.15, 0.2) is 0 Å². The second kappa shape index (κ2) is 3.10. The van der Waals surface area contributed by atoms with Gasteiger partial charge in [-0.3, -0.25) is 0 Å². The normalized spacial score (nSPS) is 15.3. The molecule has 0 amide bonds. The van der Waals surface area contributed by atoms with Gasteiger partial charge in [0.25, 0.3) is 0 Å². The summed E-state index contributed by atoms with van der Waals surface area (Å²) in [6.45, 7) is 0. The molecule has 0 aromatic heterocycles. The van der Waals surface area contributed by atoms with Gasteiger partial charge in [0, 0.05) is 6.21 Å². The highest BCUT2D eigenvalue weighted by molar-refractivity contribution is 5.80. The fourth-order valence-corrected chi connectivity index (χ4v) is 1.95. The first-order valence-corrected chi connectivity index (χ1v) is 4.53. The van der Waals surface area contributed by atoms with Gasteiger partial charge in [0.05, 0.1) is 0 Å². The van der Waals surface area contributed by atoms with Crippen LogP contribution in [0, 0.1) is 5.41 Å². The molecule has 1 heteroatoms. The summed E-state index contributed by atoms with van der Waals surface area (Å²) in [6, 6.07) is 6.29. The van der Waals surface area contributed by atoms with Crippen LogP contribution in [0.3, 0.4) is 0 Å². The van der Waals surface area contributed by atoms with Crippen LogP contribution in [0.1, 0.15) is 29.5 Å². The molecule has 1 aromatic carbocycles. The van der Waals surface area contributed by atoms with E-state index in [9.17, 15) is 0 Å². The summed E-state index contributed by atoms with van der Waals surface area (Å²) < 4.78 is 0. The molecule has 12 heavy (non-hydrogen) atoms. The topological polar surface area (TPSA) is 23.9 Å². The Labute approximate surface area is 72.9 Å². The zero-order valence-corrected chi connectivity index (χ0v) is 7.14. The van der Waals surface area contributed by atoms with Gasteiger partial charge in [-0.2, -0.15) is 0 Å². The monoisotopic (exact) mass is 159 g/mol. The van der Waals surface area contributed by atoms with E-state index in [1.54, 1.807) is 0 Å². The van der Waals surface area contributed by atoms with Crippen LogP contribution >= 0.6 is 0 Å². The smallest absolute Gasteiger partial charge is 0.0253 e. The average molecular weight is 159 g/mol. The maximum Gasteiger partial charge on any atom is 0.0253 e. The van der Waals surface area contributed by atoms with Crippen LogP contribution < -0.4 is 0 Å². The van der Waals surface area contributed by atoms with E-state index in [4.69, 9.17) is 5.41 Å². The fourth-order valence-electron chi connectivity index (χ4n) is 1.95. The van der Waals surface area contributed by atoms with Gasteiger partial charge in [0.2, 0.25) is 0 Å². The molecule has 0 atom stereocenters. The highest BCUT2D eigenvalue weighted by Gasteiger charge is 2.10. The summed E-state index contributed by atoms with van der Waals surface area (Å²) in [5.41, 5.74) is 3.99. The lowest BCUT2D eigenvalue weighted by Gasteiger charge is -2.16. The van der Waals surface area contributed by atoms with Gasteiger partial charge < -0.3 is 5.41 Å². The Morgan fingerprint density at radius 2 is 2.00 bits per heavy atom. The molecule has 0 bridgehead atoms. The van der Waals surface area contributed by atoms with E-state index >= 15 is 0 Å². The van der Waals surface area contributed by atoms with Crippen LogP contribution in [0.15, 0.2) is 18.2 Å². The zero-order valence-electron chi connectivity index (χ0n) is 7.14. The molecule has 2 rings (SSSR count).